The van der Waals surface area contributed by atoms with E-state index in [2.05, 4.69) is 20.7 Å². The zero-order chi connectivity index (χ0) is 26.3. The minimum Gasteiger partial charge on any atom is -0.404 e. The van der Waals surface area contributed by atoms with Gasteiger partial charge in [0.15, 0.2) is 11.6 Å². The molecule has 0 aliphatic heterocycles. The molecule has 0 spiro atoms. The van der Waals surface area contributed by atoms with Crippen molar-refractivity contribution in [3.63, 3.8) is 0 Å². The average molecular weight is 577 g/mol. The SMILES string of the molecule is O=C(Nc1c(Br)cc(C(F)(C(F)(F)F)C(F)(F)F)cc1OC(F)(F)F)c1cccc(NO)c1F. The van der Waals surface area contributed by atoms with Crippen molar-refractivity contribution in [2.45, 2.75) is 24.4 Å². The van der Waals surface area contributed by atoms with Crippen LogP contribution in [-0.4, -0.2) is 29.8 Å². The standard InChI is InChI=1S/C17H8BrF11N2O3/c18-8-4-6(14(20,15(21,22)23)16(24,25)26)5-10(34-17(27,28)29)12(8)30-13(32)7-2-1-3-9(31-33)11(7)19/h1-5,31,33H,(H,30,32). The molecule has 3 N–H and O–H groups in total. The van der Waals surface area contributed by atoms with Crippen LogP contribution in [0.25, 0.3) is 0 Å². The van der Waals surface area contributed by atoms with E-state index in [1.54, 1.807) is 5.32 Å². The van der Waals surface area contributed by atoms with Crippen molar-refractivity contribution >= 4 is 33.2 Å². The Labute approximate surface area is 189 Å². The van der Waals surface area contributed by atoms with Gasteiger partial charge < -0.3 is 10.1 Å². The molecule has 0 heterocycles. The van der Waals surface area contributed by atoms with Crippen molar-refractivity contribution in [2.75, 3.05) is 10.8 Å². The number of carbonyl (C=O) groups excluding carboxylic acids is 1. The normalized spacial score (nSPS) is 13.0. The van der Waals surface area contributed by atoms with Gasteiger partial charge in [0.05, 0.1) is 16.9 Å². The van der Waals surface area contributed by atoms with Gasteiger partial charge in [0.1, 0.15) is 0 Å². The Morgan fingerprint density at radius 2 is 1.50 bits per heavy atom. The molecule has 2 aromatic rings. The molecule has 0 aliphatic carbocycles. The van der Waals surface area contributed by atoms with Crippen LogP contribution >= 0.6 is 15.9 Å². The van der Waals surface area contributed by atoms with Crippen LogP contribution in [0.5, 0.6) is 5.75 Å². The lowest BCUT2D eigenvalue weighted by Crippen LogP contribution is -2.50. The van der Waals surface area contributed by atoms with Gasteiger partial charge in [-0.15, -0.1) is 13.2 Å². The maximum Gasteiger partial charge on any atom is 0.573 e. The number of hydrogen-bond donors (Lipinski definition) is 3. The summed E-state index contributed by atoms with van der Waals surface area (Å²) in [5.74, 6) is -4.86. The highest BCUT2D eigenvalue weighted by Crippen LogP contribution is 2.55. The van der Waals surface area contributed by atoms with Crippen LogP contribution in [0.2, 0.25) is 0 Å². The quantitative estimate of drug-likeness (QED) is 0.269. The third-order valence-corrected chi connectivity index (χ3v) is 4.69. The Morgan fingerprint density at radius 1 is 0.941 bits per heavy atom. The van der Waals surface area contributed by atoms with E-state index in [1.165, 1.54) is 5.48 Å². The third-order valence-electron chi connectivity index (χ3n) is 4.06. The summed E-state index contributed by atoms with van der Waals surface area (Å²) in [6, 6.07) is 1.98. The number of amides is 1. The van der Waals surface area contributed by atoms with Gasteiger partial charge in [-0.3, -0.25) is 15.5 Å². The number of ether oxygens (including phenoxy) is 1. The van der Waals surface area contributed by atoms with Crippen LogP contribution in [0.1, 0.15) is 15.9 Å². The predicted octanol–water partition coefficient (Wildman–Crippen LogP) is 6.83. The van der Waals surface area contributed by atoms with E-state index in [9.17, 15) is 53.1 Å². The molecular weight excluding hydrogens is 569 g/mol. The van der Waals surface area contributed by atoms with Crippen LogP contribution in [0.3, 0.4) is 0 Å². The van der Waals surface area contributed by atoms with Crippen molar-refractivity contribution < 1.29 is 63.0 Å². The van der Waals surface area contributed by atoms with Gasteiger partial charge in [-0.2, -0.15) is 26.3 Å². The van der Waals surface area contributed by atoms with E-state index in [4.69, 9.17) is 5.21 Å². The summed E-state index contributed by atoms with van der Waals surface area (Å²) in [6.45, 7) is 0. The summed E-state index contributed by atoms with van der Waals surface area (Å²) < 4.78 is 147. The molecule has 0 bridgehead atoms. The van der Waals surface area contributed by atoms with E-state index in [0.717, 1.165) is 18.2 Å². The summed E-state index contributed by atoms with van der Waals surface area (Å²) >= 11 is 2.37. The van der Waals surface area contributed by atoms with E-state index < -0.39 is 74.9 Å². The molecule has 0 radical (unpaired) electrons. The molecule has 0 atom stereocenters. The van der Waals surface area contributed by atoms with Gasteiger partial charge >= 0.3 is 24.4 Å². The molecule has 0 saturated heterocycles. The number of benzene rings is 2. The lowest BCUT2D eigenvalue weighted by molar-refractivity contribution is -0.348. The smallest absolute Gasteiger partial charge is 0.404 e. The van der Waals surface area contributed by atoms with Gasteiger partial charge in [0, 0.05) is 10.0 Å². The Bertz CT molecular complexity index is 1070. The molecule has 5 nitrogen and oxygen atoms in total. The maximum absolute atomic E-state index is 14.4. The van der Waals surface area contributed by atoms with Crippen molar-refractivity contribution in [3.8, 4) is 5.75 Å². The fourth-order valence-electron chi connectivity index (χ4n) is 2.57. The molecule has 2 rings (SSSR count). The lowest BCUT2D eigenvalue weighted by Gasteiger charge is -2.31. The second-order valence-corrected chi connectivity index (χ2v) is 7.12. The van der Waals surface area contributed by atoms with Gasteiger partial charge in [-0.05, 0) is 40.2 Å². The van der Waals surface area contributed by atoms with Gasteiger partial charge in [0.2, 0.25) is 0 Å². The minimum atomic E-state index is -6.66. The predicted molar refractivity (Wildman–Crippen MR) is 95.5 cm³/mol. The van der Waals surface area contributed by atoms with Gasteiger partial charge in [-0.25, -0.2) is 8.78 Å². The summed E-state index contributed by atoms with van der Waals surface area (Å²) in [4.78, 5) is 12.3. The number of halogens is 12. The Hall–Kier alpha value is -2.82. The van der Waals surface area contributed by atoms with Crippen molar-refractivity contribution in [2.24, 2.45) is 0 Å². The van der Waals surface area contributed by atoms with Crippen LogP contribution < -0.4 is 15.5 Å². The van der Waals surface area contributed by atoms with Gasteiger partial charge in [-0.1, -0.05) is 6.07 Å². The first-order chi connectivity index (χ1) is 15.3. The molecule has 188 valence electrons. The molecule has 1 amide bonds. The molecule has 17 heteroatoms. The largest absolute Gasteiger partial charge is 0.573 e. The van der Waals surface area contributed by atoms with Crippen LogP contribution in [-0.2, 0) is 5.67 Å². The molecule has 0 aliphatic rings. The molecule has 2 aromatic carbocycles. The number of rotatable bonds is 5. The second kappa shape index (κ2) is 9.09. The average Bonchev–Trinajstić information content (AvgIpc) is 2.66. The number of nitrogens with one attached hydrogen (secondary N) is 2. The number of carbonyl (C=O) groups is 1. The van der Waals surface area contributed by atoms with E-state index in [-0.39, 0.29) is 6.07 Å². The van der Waals surface area contributed by atoms with E-state index >= 15 is 0 Å². The Balaban J connectivity index is 2.70. The fraction of sp³-hybridized carbons (Fsp3) is 0.235. The number of anilines is 2. The third kappa shape index (κ3) is 5.29. The van der Waals surface area contributed by atoms with Crippen LogP contribution in [0.4, 0.5) is 59.7 Å². The number of hydrogen-bond acceptors (Lipinski definition) is 4. The molecule has 34 heavy (non-hydrogen) atoms. The minimum absolute atomic E-state index is 0.179. The summed E-state index contributed by atoms with van der Waals surface area (Å²) in [5, 5.41) is 10.4. The molecular formula is C17H8BrF11N2O3. The summed E-state index contributed by atoms with van der Waals surface area (Å²) in [5.41, 5.74) is -9.90. The summed E-state index contributed by atoms with van der Waals surface area (Å²) in [6.07, 6.45) is -19.0. The Kier molecular flexibility index (Phi) is 7.33. The molecule has 0 saturated carbocycles. The molecule has 0 unspecified atom stereocenters. The molecule has 0 fully saturated rings. The highest BCUT2D eigenvalue weighted by Gasteiger charge is 2.73. The first-order valence-electron chi connectivity index (χ1n) is 8.25. The summed E-state index contributed by atoms with van der Waals surface area (Å²) in [7, 11) is 0. The topological polar surface area (TPSA) is 70.6 Å². The van der Waals surface area contributed by atoms with Gasteiger partial charge in [0.25, 0.3) is 5.91 Å². The van der Waals surface area contributed by atoms with Crippen molar-refractivity contribution in [3.05, 3.63) is 51.7 Å². The monoisotopic (exact) mass is 576 g/mol. The highest BCUT2D eigenvalue weighted by molar-refractivity contribution is 9.10. The zero-order valence-electron chi connectivity index (χ0n) is 15.7. The zero-order valence-corrected chi connectivity index (χ0v) is 17.3. The first kappa shape index (κ1) is 27.4. The lowest BCUT2D eigenvalue weighted by atomic mass is 9.93. The van der Waals surface area contributed by atoms with Crippen molar-refractivity contribution in [1.82, 2.24) is 0 Å². The second-order valence-electron chi connectivity index (χ2n) is 6.27. The maximum atomic E-state index is 14.4. The molecule has 0 aromatic heterocycles. The fourth-order valence-corrected chi connectivity index (χ4v) is 3.11. The van der Waals surface area contributed by atoms with E-state index in [1.807, 2.05) is 0 Å². The van der Waals surface area contributed by atoms with Crippen LogP contribution in [0, 0.1) is 5.82 Å². The number of alkyl halides is 10. The Morgan fingerprint density at radius 3 is 1.97 bits per heavy atom. The van der Waals surface area contributed by atoms with Crippen LogP contribution in [0.15, 0.2) is 34.8 Å². The first-order valence-corrected chi connectivity index (χ1v) is 9.05. The van der Waals surface area contributed by atoms with Crippen molar-refractivity contribution in [1.29, 1.82) is 0 Å². The van der Waals surface area contributed by atoms with E-state index in [0.29, 0.717) is 0 Å². The highest BCUT2D eigenvalue weighted by atomic mass is 79.9.